The molecule has 0 unspecified atom stereocenters. The molecule has 0 heterocycles. The zero-order valence-electron chi connectivity index (χ0n) is 9.77. The molecule has 1 aromatic rings. The van der Waals surface area contributed by atoms with Crippen LogP contribution in [0.15, 0.2) is 28.7 Å². The van der Waals surface area contributed by atoms with Crippen molar-refractivity contribution in [2.75, 3.05) is 12.8 Å². The second-order valence-electron chi connectivity index (χ2n) is 4.63. The minimum absolute atomic E-state index is 0.467. The summed E-state index contributed by atoms with van der Waals surface area (Å²) >= 11 is 3.40. The van der Waals surface area contributed by atoms with Crippen LogP contribution in [0, 0.1) is 5.92 Å². The molecule has 3 nitrogen and oxygen atoms in total. The van der Waals surface area contributed by atoms with Crippen molar-refractivity contribution in [3.63, 3.8) is 0 Å². The lowest BCUT2D eigenvalue weighted by Crippen LogP contribution is -2.31. The standard InChI is InChI=1S/C12H16BrNO2S/c1-17(15,16)14(8-10-5-6-10)9-11-3-2-4-12(13)7-11/h2-4,7,10H,5-6,8-9H2,1H3. The average molecular weight is 318 g/mol. The third-order valence-corrected chi connectivity index (χ3v) is 4.59. The largest absolute Gasteiger partial charge is 0.212 e. The van der Waals surface area contributed by atoms with Gasteiger partial charge in [-0.3, -0.25) is 0 Å². The quantitative estimate of drug-likeness (QED) is 0.837. The first-order valence-electron chi connectivity index (χ1n) is 5.65. The number of hydrogen-bond donors (Lipinski definition) is 0. The Morgan fingerprint density at radius 1 is 1.41 bits per heavy atom. The van der Waals surface area contributed by atoms with Gasteiger partial charge in [0.05, 0.1) is 6.26 Å². The van der Waals surface area contributed by atoms with E-state index in [4.69, 9.17) is 0 Å². The summed E-state index contributed by atoms with van der Waals surface area (Å²) < 4.78 is 26.0. The summed E-state index contributed by atoms with van der Waals surface area (Å²) in [5.74, 6) is 0.567. The number of benzene rings is 1. The summed E-state index contributed by atoms with van der Waals surface area (Å²) in [5.41, 5.74) is 1.02. The Kier molecular flexibility index (Phi) is 3.90. The first-order valence-corrected chi connectivity index (χ1v) is 8.29. The highest BCUT2D eigenvalue weighted by Gasteiger charge is 2.28. The fourth-order valence-corrected chi connectivity index (χ4v) is 3.06. The van der Waals surface area contributed by atoms with E-state index in [1.165, 1.54) is 6.26 Å². The minimum Gasteiger partial charge on any atom is -0.212 e. The summed E-state index contributed by atoms with van der Waals surface area (Å²) in [6.07, 6.45) is 3.60. The van der Waals surface area contributed by atoms with E-state index in [9.17, 15) is 8.42 Å². The Balaban J connectivity index is 2.11. The summed E-state index contributed by atoms with van der Waals surface area (Å²) in [4.78, 5) is 0. The molecule has 0 spiro atoms. The Morgan fingerprint density at radius 2 is 2.12 bits per heavy atom. The summed E-state index contributed by atoms with van der Waals surface area (Å²) in [6, 6.07) is 7.78. The highest BCUT2D eigenvalue weighted by molar-refractivity contribution is 9.10. The van der Waals surface area contributed by atoms with E-state index in [0.717, 1.165) is 22.9 Å². The van der Waals surface area contributed by atoms with Crippen LogP contribution in [0.1, 0.15) is 18.4 Å². The van der Waals surface area contributed by atoms with E-state index < -0.39 is 10.0 Å². The van der Waals surface area contributed by atoms with Gasteiger partial charge in [0.15, 0.2) is 0 Å². The Bertz CT molecular complexity index is 497. The van der Waals surface area contributed by atoms with Crippen molar-refractivity contribution in [2.45, 2.75) is 19.4 Å². The van der Waals surface area contributed by atoms with Gasteiger partial charge in [-0.15, -0.1) is 0 Å². The predicted octanol–water partition coefficient (Wildman–Crippen LogP) is 2.62. The molecular formula is C12H16BrNO2S. The SMILES string of the molecule is CS(=O)(=O)N(Cc1cccc(Br)c1)CC1CC1. The van der Waals surface area contributed by atoms with Gasteiger partial charge in [-0.2, -0.15) is 4.31 Å². The first-order chi connectivity index (χ1) is 7.95. The van der Waals surface area contributed by atoms with Gasteiger partial charge in [0.25, 0.3) is 0 Å². The van der Waals surface area contributed by atoms with E-state index in [2.05, 4.69) is 15.9 Å². The van der Waals surface area contributed by atoms with Crippen LogP contribution in [0.4, 0.5) is 0 Å². The molecule has 0 amide bonds. The molecule has 1 aliphatic rings. The zero-order valence-corrected chi connectivity index (χ0v) is 12.2. The van der Waals surface area contributed by atoms with Crippen molar-refractivity contribution < 1.29 is 8.42 Å². The molecule has 0 radical (unpaired) electrons. The molecule has 1 aliphatic carbocycles. The maximum atomic E-state index is 11.7. The van der Waals surface area contributed by atoms with Crippen LogP contribution < -0.4 is 0 Å². The molecule has 0 saturated heterocycles. The number of rotatable bonds is 5. The smallest absolute Gasteiger partial charge is 0.211 e. The van der Waals surface area contributed by atoms with E-state index in [1.54, 1.807) is 4.31 Å². The molecule has 17 heavy (non-hydrogen) atoms. The van der Waals surface area contributed by atoms with Crippen LogP contribution in [0.2, 0.25) is 0 Å². The third-order valence-electron chi connectivity index (χ3n) is 2.88. The van der Waals surface area contributed by atoms with E-state index in [1.807, 2.05) is 24.3 Å². The molecule has 0 aliphatic heterocycles. The molecule has 1 aromatic carbocycles. The molecule has 1 fully saturated rings. The Morgan fingerprint density at radius 3 is 2.65 bits per heavy atom. The second kappa shape index (κ2) is 5.08. The van der Waals surface area contributed by atoms with Gasteiger partial charge in [-0.25, -0.2) is 8.42 Å². The lowest BCUT2D eigenvalue weighted by molar-refractivity contribution is 0.394. The normalized spacial score (nSPS) is 16.4. The molecular weight excluding hydrogens is 302 g/mol. The van der Waals surface area contributed by atoms with Gasteiger partial charge < -0.3 is 0 Å². The molecule has 0 aromatic heterocycles. The van der Waals surface area contributed by atoms with E-state index in [0.29, 0.717) is 19.0 Å². The lowest BCUT2D eigenvalue weighted by Gasteiger charge is -2.19. The summed E-state index contributed by atoms with van der Waals surface area (Å²) in [5, 5.41) is 0. The molecule has 94 valence electrons. The van der Waals surface area contributed by atoms with Crippen LogP contribution in [-0.4, -0.2) is 25.5 Å². The van der Waals surface area contributed by atoms with Crippen molar-refractivity contribution in [3.05, 3.63) is 34.3 Å². The lowest BCUT2D eigenvalue weighted by atomic mass is 10.2. The van der Waals surface area contributed by atoms with Crippen molar-refractivity contribution >= 4 is 26.0 Å². The molecule has 2 rings (SSSR count). The first kappa shape index (κ1) is 13.1. The fourth-order valence-electron chi connectivity index (χ4n) is 1.74. The summed E-state index contributed by atoms with van der Waals surface area (Å²) in [6.45, 7) is 1.13. The molecule has 0 atom stereocenters. The van der Waals surface area contributed by atoms with Gasteiger partial charge >= 0.3 is 0 Å². The van der Waals surface area contributed by atoms with Crippen molar-refractivity contribution in [3.8, 4) is 0 Å². The highest BCUT2D eigenvalue weighted by Crippen LogP contribution is 2.31. The van der Waals surface area contributed by atoms with E-state index in [-0.39, 0.29) is 0 Å². The zero-order chi connectivity index (χ0) is 12.5. The topological polar surface area (TPSA) is 37.4 Å². The third kappa shape index (κ3) is 4.08. The maximum absolute atomic E-state index is 11.7. The van der Waals surface area contributed by atoms with Crippen LogP contribution in [0.3, 0.4) is 0 Å². The molecule has 5 heteroatoms. The van der Waals surface area contributed by atoms with Crippen molar-refractivity contribution in [1.82, 2.24) is 4.31 Å². The summed E-state index contributed by atoms with van der Waals surface area (Å²) in [7, 11) is -3.11. The number of hydrogen-bond acceptors (Lipinski definition) is 2. The van der Waals surface area contributed by atoms with Gasteiger partial charge in [-0.1, -0.05) is 28.1 Å². The Labute approximate surface area is 111 Å². The van der Waals surface area contributed by atoms with Gasteiger partial charge in [0.1, 0.15) is 0 Å². The Hall–Kier alpha value is -0.390. The number of nitrogens with zero attached hydrogens (tertiary/aromatic N) is 1. The van der Waals surface area contributed by atoms with Gasteiger partial charge in [-0.05, 0) is 36.5 Å². The van der Waals surface area contributed by atoms with Crippen molar-refractivity contribution in [2.24, 2.45) is 5.92 Å². The minimum atomic E-state index is -3.11. The second-order valence-corrected chi connectivity index (χ2v) is 7.53. The van der Waals surface area contributed by atoms with E-state index >= 15 is 0 Å². The van der Waals surface area contributed by atoms with Crippen LogP contribution in [0.25, 0.3) is 0 Å². The average Bonchev–Trinajstić information content (AvgIpc) is 2.99. The molecule has 0 N–H and O–H groups in total. The van der Waals surface area contributed by atoms with Crippen molar-refractivity contribution in [1.29, 1.82) is 0 Å². The molecule has 0 bridgehead atoms. The van der Waals surface area contributed by atoms with Crippen LogP contribution in [-0.2, 0) is 16.6 Å². The number of sulfonamides is 1. The fraction of sp³-hybridized carbons (Fsp3) is 0.500. The monoisotopic (exact) mass is 317 g/mol. The molecule has 1 saturated carbocycles. The predicted molar refractivity (Wildman–Crippen MR) is 72.1 cm³/mol. The highest BCUT2D eigenvalue weighted by atomic mass is 79.9. The van der Waals surface area contributed by atoms with Gasteiger partial charge in [0.2, 0.25) is 10.0 Å². The number of halogens is 1. The van der Waals surface area contributed by atoms with Gasteiger partial charge in [0, 0.05) is 17.6 Å². The maximum Gasteiger partial charge on any atom is 0.211 e. The van der Waals surface area contributed by atoms with Crippen LogP contribution in [0.5, 0.6) is 0 Å². The van der Waals surface area contributed by atoms with Crippen LogP contribution >= 0.6 is 15.9 Å².